The van der Waals surface area contributed by atoms with E-state index in [9.17, 15) is 4.79 Å². The van der Waals surface area contributed by atoms with Crippen LogP contribution in [-0.2, 0) is 11.3 Å². The van der Waals surface area contributed by atoms with E-state index in [0.717, 1.165) is 11.4 Å². The number of hydrogen-bond donors (Lipinski definition) is 1. The van der Waals surface area contributed by atoms with Crippen LogP contribution in [0.2, 0.25) is 5.02 Å². The Morgan fingerprint density at radius 2 is 1.89 bits per heavy atom. The van der Waals surface area contributed by atoms with Gasteiger partial charge in [-0.2, -0.15) is 5.10 Å². The Morgan fingerprint density at radius 3 is 2.54 bits per heavy atom. The van der Waals surface area contributed by atoms with Crippen molar-refractivity contribution in [2.75, 3.05) is 5.32 Å². The third-order valence-electron chi connectivity index (χ3n) is 4.20. The van der Waals surface area contributed by atoms with Crippen LogP contribution in [0, 0.1) is 0 Å². The molecule has 0 saturated heterocycles. The molecule has 148 valence electrons. The van der Waals surface area contributed by atoms with Crippen molar-refractivity contribution in [3.63, 3.8) is 0 Å². The lowest BCUT2D eigenvalue weighted by atomic mass is 10.2. The lowest BCUT2D eigenvalue weighted by Crippen LogP contribution is -2.25. The molecule has 3 rings (SSSR count). The molecule has 0 saturated carbocycles. The first-order valence-electron chi connectivity index (χ1n) is 9.10. The first-order valence-corrected chi connectivity index (χ1v) is 10.4. The highest BCUT2D eigenvalue weighted by molar-refractivity contribution is 8.00. The van der Waals surface area contributed by atoms with Crippen LogP contribution in [0.5, 0.6) is 0 Å². The largest absolute Gasteiger partial charge is 0.310 e. The van der Waals surface area contributed by atoms with Crippen molar-refractivity contribution < 1.29 is 4.79 Å². The maximum absolute atomic E-state index is 12.7. The highest BCUT2D eigenvalue weighted by Gasteiger charge is 2.21. The van der Waals surface area contributed by atoms with Crippen LogP contribution >= 0.6 is 23.4 Å². The SMILES string of the molecule is CCn1c(S[C@H](C)C(=O)Nc2ccnn2C(C)C)nnc1-c1ccc(Cl)cc1. The van der Waals surface area contributed by atoms with Gasteiger partial charge in [-0.15, -0.1) is 10.2 Å². The van der Waals surface area contributed by atoms with Crippen LogP contribution in [0.3, 0.4) is 0 Å². The van der Waals surface area contributed by atoms with Gasteiger partial charge in [-0.05, 0) is 52.0 Å². The minimum Gasteiger partial charge on any atom is -0.310 e. The van der Waals surface area contributed by atoms with Gasteiger partial charge in [-0.3, -0.25) is 4.79 Å². The molecule has 7 nitrogen and oxygen atoms in total. The second-order valence-electron chi connectivity index (χ2n) is 6.56. The molecule has 0 aliphatic rings. The molecule has 0 bridgehead atoms. The van der Waals surface area contributed by atoms with Crippen LogP contribution in [-0.4, -0.2) is 35.7 Å². The molecule has 0 aliphatic carbocycles. The summed E-state index contributed by atoms with van der Waals surface area (Å²) in [6.45, 7) is 8.61. The third kappa shape index (κ3) is 4.39. The number of nitrogens with one attached hydrogen (secondary N) is 1. The van der Waals surface area contributed by atoms with E-state index >= 15 is 0 Å². The van der Waals surface area contributed by atoms with E-state index in [4.69, 9.17) is 11.6 Å². The smallest absolute Gasteiger partial charge is 0.238 e. The minimum absolute atomic E-state index is 0.105. The predicted molar refractivity (Wildman–Crippen MR) is 113 cm³/mol. The number of hydrogen-bond acceptors (Lipinski definition) is 5. The van der Waals surface area contributed by atoms with Gasteiger partial charge in [-0.25, -0.2) is 4.68 Å². The summed E-state index contributed by atoms with van der Waals surface area (Å²) in [6, 6.07) is 9.44. The summed E-state index contributed by atoms with van der Waals surface area (Å²) >= 11 is 7.35. The Kier molecular flexibility index (Phi) is 6.41. The van der Waals surface area contributed by atoms with E-state index in [1.54, 1.807) is 16.9 Å². The topological polar surface area (TPSA) is 77.6 Å². The monoisotopic (exact) mass is 418 g/mol. The lowest BCUT2D eigenvalue weighted by Gasteiger charge is -2.15. The molecule has 1 N–H and O–H groups in total. The number of aromatic nitrogens is 5. The molecule has 28 heavy (non-hydrogen) atoms. The molecule has 0 radical (unpaired) electrons. The van der Waals surface area contributed by atoms with E-state index in [0.29, 0.717) is 22.5 Å². The van der Waals surface area contributed by atoms with Gasteiger partial charge in [0.25, 0.3) is 0 Å². The summed E-state index contributed by atoms with van der Waals surface area (Å²) in [7, 11) is 0. The Hall–Kier alpha value is -2.32. The summed E-state index contributed by atoms with van der Waals surface area (Å²) < 4.78 is 3.78. The standard InChI is InChI=1S/C19H23ClN6OS/c1-5-25-17(14-6-8-15(20)9-7-14)23-24-19(25)28-13(4)18(27)22-16-10-11-21-26(16)12(2)3/h6-13H,5H2,1-4H3,(H,22,27)/t13-/m1/s1. The van der Waals surface area contributed by atoms with Crippen molar-refractivity contribution in [3.05, 3.63) is 41.6 Å². The van der Waals surface area contributed by atoms with Gasteiger partial charge in [0, 0.05) is 29.2 Å². The van der Waals surface area contributed by atoms with Crippen LogP contribution in [0.4, 0.5) is 5.82 Å². The van der Waals surface area contributed by atoms with E-state index < -0.39 is 0 Å². The van der Waals surface area contributed by atoms with E-state index in [1.165, 1.54) is 11.8 Å². The van der Waals surface area contributed by atoms with Crippen molar-refractivity contribution in [3.8, 4) is 11.4 Å². The van der Waals surface area contributed by atoms with Gasteiger partial charge >= 0.3 is 0 Å². The summed E-state index contributed by atoms with van der Waals surface area (Å²) in [5, 5.41) is 16.8. The summed E-state index contributed by atoms with van der Waals surface area (Å²) in [4.78, 5) is 12.7. The predicted octanol–water partition coefficient (Wildman–Crippen LogP) is 4.52. The van der Waals surface area contributed by atoms with Crippen LogP contribution in [0.15, 0.2) is 41.7 Å². The number of nitrogens with zero attached hydrogens (tertiary/aromatic N) is 5. The van der Waals surface area contributed by atoms with Crippen LogP contribution < -0.4 is 5.32 Å². The fraction of sp³-hybridized carbons (Fsp3) is 0.368. The molecule has 0 spiro atoms. The summed E-state index contributed by atoms with van der Waals surface area (Å²) in [5.74, 6) is 1.34. The Labute approximate surface area is 173 Å². The fourth-order valence-corrected chi connectivity index (χ4v) is 3.78. The fourth-order valence-electron chi connectivity index (χ4n) is 2.74. The van der Waals surface area contributed by atoms with Crippen molar-refractivity contribution >= 4 is 35.1 Å². The van der Waals surface area contributed by atoms with Crippen molar-refractivity contribution in [2.45, 2.75) is 50.7 Å². The van der Waals surface area contributed by atoms with Crippen LogP contribution in [0.25, 0.3) is 11.4 Å². The first kappa shape index (κ1) is 20.4. The average Bonchev–Trinajstić information content (AvgIpc) is 3.29. The minimum atomic E-state index is -0.344. The zero-order valence-electron chi connectivity index (χ0n) is 16.3. The molecule has 2 aromatic heterocycles. The molecule has 0 unspecified atom stereocenters. The van der Waals surface area contributed by atoms with Gasteiger partial charge in [0.15, 0.2) is 11.0 Å². The first-order chi connectivity index (χ1) is 13.4. The molecule has 3 aromatic rings. The molecule has 1 amide bonds. The molecular weight excluding hydrogens is 396 g/mol. The highest BCUT2D eigenvalue weighted by atomic mass is 35.5. The van der Waals surface area contributed by atoms with E-state index in [1.807, 2.05) is 56.5 Å². The van der Waals surface area contributed by atoms with E-state index in [-0.39, 0.29) is 17.2 Å². The molecule has 1 atom stereocenters. The van der Waals surface area contributed by atoms with Gasteiger partial charge in [0.05, 0.1) is 11.4 Å². The number of benzene rings is 1. The molecule has 1 aromatic carbocycles. The van der Waals surface area contributed by atoms with Crippen molar-refractivity contribution in [1.29, 1.82) is 0 Å². The molecule has 0 fully saturated rings. The van der Waals surface area contributed by atoms with Gasteiger partial charge in [0.2, 0.25) is 5.91 Å². The zero-order valence-corrected chi connectivity index (χ0v) is 17.8. The third-order valence-corrected chi connectivity index (χ3v) is 5.53. The van der Waals surface area contributed by atoms with Gasteiger partial charge < -0.3 is 9.88 Å². The second kappa shape index (κ2) is 8.79. The average molecular weight is 419 g/mol. The number of amides is 1. The van der Waals surface area contributed by atoms with Crippen LogP contribution in [0.1, 0.15) is 33.7 Å². The number of carbonyl (C=O) groups excluding carboxylic acids is 1. The normalized spacial score (nSPS) is 12.4. The number of carbonyl (C=O) groups is 1. The van der Waals surface area contributed by atoms with Crippen molar-refractivity contribution in [1.82, 2.24) is 24.5 Å². The molecule has 0 aliphatic heterocycles. The highest BCUT2D eigenvalue weighted by Crippen LogP contribution is 2.28. The number of anilines is 1. The zero-order chi connectivity index (χ0) is 20.3. The van der Waals surface area contributed by atoms with Gasteiger partial charge in [-0.1, -0.05) is 23.4 Å². The second-order valence-corrected chi connectivity index (χ2v) is 8.31. The lowest BCUT2D eigenvalue weighted by molar-refractivity contribution is -0.115. The summed E-state index contributed by atoms with van der Waals surface area (Å²) in [5.41, 5.74) is 0.934. The number of thioether (sulfide) groups is 1. The number of rotatable bonds is 7. The maximum Gasteiger partial charge on any atom is 0.238 e. The molecule has 2 heterocycles. The quantitative estimate of drug-likeness (QED) is 0.571. The number of halogens is 1. The maximum atomic E-state index is 12.7. The van der Waals surface area contributed by atoms with E-state index in [2.05, 4.69) is 20.6 Å². The van der Waals surface area contributed by atoms with Crippen molar-refractivity contribution in [2.24, 2.45) is 0 Å². The molecule has 9 heteroatoms. The Balaban J connectivity index is 1.75. The molecular formula is C19H23ClN6OS. The Morgan fingerprint density at radius 1 is 1.18 bits per heavy atom. The van der Waals surface area contributed by atoms with Gasteiger partial charge in [0.1, 0.15) is 5.82 Å². The summed E-state index contributed by atoms with van der Waals surface area (Å²) in [6.07, 6.45) is 1.68. The Bertz CT molecular complexity index is 950.